The van der Waals surface area contributed by atoms with Crippen LogP contribution in [-0.2, 0) is 6.54 Å². The fourth-order valence-electron chi connectivity index (χ4n) is 2.36. The predicted molar refractivity (Wildman–Crippen MR) is 79.3 cm³/mol. The molecule has 1 fully saturated rings. The van der Waals surface area contributed by atoms with E-state index in [9.17, 15) is 0 Å². The summed E-state index contributed by atoms with van der Waals surface area (Å²) in [5.41, 5.74) is 7.09. The second kappa shape index (κ2) is 7.58. The van der Waals surface area contributed by atoms with Gasteiger partial charge in [-0.1, -0.05) is 0 Å². The van der Waals surface area contributed by atoms with Crippen molar-refractivity contribution in [3.05, 3.63) is 23.8 Å². The van der Waals surface area contributed by atoms with Gasteiger partial charge in [-0.25, -0.2) is 0 Å². The Morgan fingerprint density at radius 2 is 1.89 bits per heavy atom. The van der Waals surface area contributed by atoms with Gasteiger partial charge in [0, 0.05) is 18.2 Å². The van der Waals surface area contributed by atoms with Crippen LogP contribution < -0.4 is 15.2 Å². The SMILES string of the molecule is COc1ccc(OC)c(CN2CCC(N)CC2)c1.Cl. The predicted octanol–water partition coefficient (Wildman–Crippen LogP) is 2.05. The average molecular weight is 287 g/mol. The van der Waals surface area contributed by atoms with Gasteiger partial charge in [0.15, 0.2) is 0 Å². The molecule has 0 unspecified atom stereocenters. The molecule has 0 amide bonds. The largest absolute Gasteiger partial charge is 0.497 e. The number of hydrogen-bond donors (Lipinski definition) is 1. The Morgan fingerprint density at radius 1 is 1.21 bits per heavy atom. The van der Waals surface area contributed by atoms with Crippen molar-refractivity contribution in [2.75, 3.05) is 27.3 Å². The van der Waals surface area contributed by atoms with E-state index in [0.29, 0.717) is 6.04 Å². The van der Waals surface area contributed by atoms with E-state index in [2.05, 4.69) is 4.90 Å². The van der Waals surface area contributed by atoms with Crippen molar-refractivity contribution >= 4 is 12.4 Å². The van der Waals surface area contributed by atoms with Gasteiger partial charge in [-0.05, 0) is 44.1 Å². The van der Waals surface area contributed by atoms with Crippen LogP contribution in [0.4, 0.5) is 0 Å². The monoisotopic (exact) mass is 286 g/mol. The third-order valence-electron chi connectivity index (χ3n) is 3.51. The molecule has 2 rings (SSSR count). The summed E-state index contributed by atoms with van der Waals surface area (Å²) in [6.07, 6.45) is 2.15. The molecule has 1 saturated heterocycles. The molecule has 4 nitrogen and oxygen atoms in total. The number of nitrogens with two attached hydrogens (primary N) is 1. The highest BCUT2D eigenvalue weighted by atomic mass is 35.5. The van der Waals surface area contributed by atoms with Crippen molar-refractivity contribution in [3.8, 4) is 11.5 Å². The molecule has 1 heterocycles. The maximum Gasteiger partial charge on any atom is 0.123 e. The molecular formula is C14H23ClN2O2. The van der Waals surface area contributed by atoms with Gasteiger partial charge < -0.3 is 15.2 Å². The average Bonchev–Trinajstić information content (AvgIpc) is 2.41. The van der Waals surface area contributed by atoms with Crippen LogP contribution in [-0.4, -0.2) is 38.3 Å². The van der Waals surface area contributed by atoms with E-state index in [-0.39, 0.29) is 12.4 Å². The van der Waals surface area contributed by atoms with Crippen LogP contribution in [0.5, 0.6) is 11.5 Å². The van der Waals surface area contributed by atoms with E-state index in [1.807, 2.05) is 18.2 Å². The van der Waals surface area contributed by atoms with Crippen molar-refractivity contribution in [2.24, 2.45) is 5.73 Å². The first kappa shape index (κ1) is 16.1. The van der Waals surface area contributed by atoms with E-state index in [1.165, 1.54) is 5.56 Å². The van der Waals surface area contributed by atoms with E-state index < -0.39 is 0 Å². The molecule has 1 aliphatic heterocycles. The zero-order chi connectivity index (χ0) is 13.0. The van der Waals surface area contributed by atoms with Gasteiger partial charge >= 0.3 is 0 Å². The quantitative estimate of drug-likeness (QED) is 0.920. The highest BCUT2D eigenvalue weighted by Crippen LogP contribution is 2.26. The normalized spacial score (nSPS) is 16.8. The third-order valence-corrected chi connectivity index (χ3v) is 3.51. The molecule has 0 saturated carbocycles. The van der Waals surface area contributed by atoms with Crippen LogP contribution in [0.15, 0.2) is 18.2 Å². The Kier molecular flexibility index (Phi) is 6.42. The maximum absolute atomic E-state index is 5.92. The fraction of sp³-hybridized carbons (Fsp3) is 0.571. The number of methoxy groups -OCH3 is 2. The molecule has 0 atom stereocenters. The van der Waals surface area contributed by atoms with Gasteiger partial charge in [0.1, 0.15) is 11.5 Å². The molecule has 0 bridgehead atoms. The number of piperidine rings is 1. The molecule has 1 aliphatic rings. The lowest BCUT2D eigenvalue weighted by Gasteiger charge is -2.30. The molecule has 0 spiro atoms. The number of halogens is 1. The van der Waals surface area contributed by atoms with Crippen LogP contribution in [0.1, 0.15) is 18.4 Å². The molecule has 2 N–H and O–H groups in total. The van der Waals surface area contributed by atoms with E-state index in [0.717, 1.165) is 44.0 Å². The second-order valence-corrected chi connectivity index (χ2v) is 4.79. The fourth-order valence-corrected chi connectivity index (χ4v) is 2.36. The van der Waals surface area contributed by atoms with E-state index >= 15 is 0 Å². The summed E-state index contributed by atoms with van der Waals surface area (Å²) in [4.78, 5) is 2.42. The molecular weight excluding hydrogens is 264 g/mol. The number of nitrogens with zero attached hydrogens (tertiary/aromatic N) is 1. The molecule has 1 aromatic carbocycles. The Bertz CT molecular complexity index is 393. The van der Waals surface area contributed by atoms with Gasteiger partial charge in [-0.15, -0.1) is 12.4 Å². The summed E-state index contributed by atoms with van der Waals surface area (Å²) in [6.45, 7) is 3.01. The van der Waals surface area contributed by atoms with Gasteiger partial charge in [0.25, 0.3) is 0 Å². The molecule has 0 radical (unpaired) electrons. The minimum absolute atomic E-state index is 0. The lowest BCUT2D eigenvalue weighted by Crippen LogP contribution is -2.39. The highest BCUT2D eigenvalue weighted by Gasteiger charge is 2.17. The van der Waals surface area contributed by atoms with Gasteiger partial charge in [0.2, 0.25) is 0 Å². The summed E-state index contributed by atoms with van der Waals surface area (Å²) in [6, 6.07) is 6.31. The second-order valence-electron chi connectivity index (χ2n) is 4.79. The standard InChI is InChI=1S/C14H22N2O2.ClH/c1-17-13-3-4-14(18-2)11(9-13)10-16-7-5-12(15)6-8-16;/h3-4,9,12H,5-8,10,15H2,1-2H3;1H. The molecule has 5 heteroatoms. The minimum Gasteiger partial charge on any atom is -0.497 e. The van der Waals surface area contributed by atoms with E-state index in [4.69, 9.17) is 15.2 Å². The summed E-state index contributed by atoms with van der Waals surface area (Å²) >= 11 is 0. The lowest BCUT2D eigenvalue weighted by molar-refractivity contribution is 0.203. The molecule has 108 valence electrons. The summed E-state index contributed by atoms with van der Waals surface area (Å²) < 4.78 is 10.7. The topological polar surface area (TPSA) is 47.7 Å². The molecule has 1 aromatic rings. The highest BCUT2D eigenvalue weighted by molar-refractivity contribution is 5.85. The Labute approximate surface area is 121 Å². The van der Waals surface area contributed by atoms with Crippen molar-refractivity contribution in [2.45, 2.75) is 25.4 Å². The van der Waals surface area contributed by atoms with Crippen molar-refractivity contribution in [3.63, 3.8) is 0 Å². The van der Waals surface area contributed by atoms with E-state index in [1.54, 1.807) is 14.2 Å². The van der Waals surface area contributed by atoms with Crippen molar-refractivity contribution in [1.29, 1.82) is 0 Å². The van der Waals surface area contributed by atoms with Gasteiger partial charge in [0.05, 0.1) is 14.2 Å². The number of hydrogen-bond acceptors (Lipinski definition) is 4. The van der Waals surface area contributed by atoms with Crippen LogP contribution in [0.3, 0.4) is 0 Å². The summed E-state index contributed by atoms with van der Waals surface area (Å²) in [5.74, 6) is 1.80. The minimum atomic E-state index is 0. The molecule has 0 aliphatic carbocycles. The van der Waals surface area contributed by atoms with Gasteiger partial charge in [-0.3, -0.25) is 4.90 Å². The first-order valence-electron chi connectivity index (χ1n) is 6.41. The number of rotatable bonds is 4. The zero-order valence-electron chi connectivity index (χ0n) is 11.6. The Balaban J connectivity index is 0.00000180. The van der Waals surface area contributed by atoms with Crippen LogP contribution in [0.25, 0.3) is 0 Å². The lowest BCUT2D eigenvalue weighted by atomic mass is 10.0. The number of ether oxygens (including phenoxy) is 2. The van der Waals surface area contributed by atoms with Crippen LogP contribution in [0, 0.1) is 0 Å². The first-order chi connectivity index (χ1) is 8.72. The first-order valence-corrected chi connectivity index (χ1v) is 6.41. The third kappa shape index (κ3) is 4.27. The van der Waals surface area contributed by atoms with Crippen molar-refractivity contribution in [1.82, 2.24) is 4.90 Å². The Morgan fingerprint density at radius 3 is 2.47 bits per heavy atom. The van der Waals surface area contributed by atoms with Gasteiger partial charge in [-0.2, -0.15) is 0 Å². The number of benzene rings is 1. The van der Waals surface area contributed by atoms with Crippen LogP contribution >= 0.6 is 12.4 Å². The Hall–Kier alpha value is -0.970. The zero-order valence-corrected chi connectivity index (χ0v) is 12.4. The number of likely N-dealkylation sites (tertiary alicyclic amines) is 1. The smallest absolute Gasteiger partial charge is 0.123 e. The maximum atomic E-state index is 5.92. The summed E-state index contributed by atoms with van der Waals surface area (Å²) in [5, 5.41) is 0. The summed E-state index contributed by atoms with van der Waals surface area (Å²) in [7, 11) is 3.39. The van der Waals surface area contributed by atoms with Crippen LogP contribution in [0.2, 0.25) is 0 Å². The molecule has 0 aromatic heterocycles. The van der Waals surface area contributed by atoms with Crippen molar-refractivity contribution < 1.29 is 9.47 Å². The molecule has 19 heavy (non-hydrogen) atoms.